The van der Waals surface area contributed by atoms with E-state index in [2.05, 4.69) is 19.2 Å². The first-order chi connectivity index (χ1) is 8.53. The van der Waals surface area contributed by atoms with Gasteiger partial charge in [0.1, 0.15) is 0 Å². The second kappa shape index (κ2) is 6.40. The lowest BCUT2D eigenvalue weighted by Gasteiger charge is -2.36. The molecule has 1 amide bonds. The molecular weight excluding hydrogens is 260 g/mol. The number of piperidine rings is 1. The highest BCUT2D eigenvalue weighted by Gasteiger charge is 2.36. The van der Waals surface area contributed by atoms with Gasteiger partial charge < -0.3 is 10.2 Å². The van der Waals surface area contributed by atoms with Gasteiger partial charge >= 0.3 is 0 Å². The lowest BCUT2D eigenvalue weighted by molar-refractivity contribution is -0.128. The maximum atomic E-state index is 12.6. The van der Waals surface area contributed by atoms with Gasteiger partial charge in [-0.2, -0.15) is 0 Å². The molecule has 1 fully saturated rings. The Hall–Kier alpha value is -1.06. The summed E-state index contributed by atoms with van der Waals surface area (Å²) < 4.78 is 0. The first kappa shape index (κ1) is 16.0. The van der Waals surface area contributed by atoms with E-state index < -0.39 is 0 Å². The summed E-state index contributed by atoms with van der Waals surface area (Å²) in [7, 11) is 1.87. The van der Waals surface area contributed by atoms with Gasteiger partial charge in [-0.1, -0.05) is 17.7 Å². The lowest BCUT2D eigenvalue weighted by atomic mass is 9.81. The van der Waals surface area contributed by atoms with Crippen LogP contribution in [0.5, 0.6) is 0 Å². The number of amides is 1. The fraction of sp³-hybridized carbons (Fsp3) is 0.533. The van der Waals surface area contributed by atoms with Crippen molar-refractivity contribution in [2.45, 2.75) is 26.7 Å². The number of halogens is 1. The van der Waals surface area contributed by atoms with E-state index in [1.54, 1.807) is 4.90 Å². The molecule has 1 aliphatic heterocycles. The number of carbonyl (C=O) groups is 1. The molecule has 1 aliphatic rings. The maximum Gasteiger partial charge on any atom is 0.233 e. The van der Waals surface area contributed by atoms with Gasteiger partial charge in [-0.15, -0.1) is 12.4 Å². The highest BCUT2D eigenvalue weighted by Crippen LogP contribution is 2.29. The molecular formula is C15H23ClN2O. The summed E-state index contributed by atoms with van der Waals surface area (Å²) in [5, 5.41) is 3.32. The van der Waals surface area contributed by atoms with Crippen LogP contribution in [0.4, 0.5) is 5.69 Å². The molecule has 4 heteroatoms. The van der Waals surface area contributed by atoms with E-state index in [0.717, 1.165) is 31.6 Å². The van der Waals surface area contributed by atoms with E-state index in [4.69, 9.17) is 0 Å². The largest absolute Gasteiger partial charge is 0.316 e. The normalized spacial score (nSPS) is 22.5. The van der Waals surface area contributed by atoms with Gasteiger partial charge in [0.15, 0.2) is 0 Å². The van der Waals surface area contributed by atoms with Crippen LogP contribution in [-0.4, -0.2) is 26.0 Å². The molecule has 0 aromatic heterocycles. The van der Waals surface area contributed by atoms with Gasteiger partial charge in [0.05, 0.1) is 5.41 Å². The molecule has 106 valence electrons. The van der Waals surface area contributed by atoms with Gasteiger partial charge in [-0.3, -0.25) is 4.79 Å². The number of hydrogen-bond acceptors (Lipinski definition) is 2. The van der Waals surface area contributed by atoms with E-state index in [9.17, 15) is 4.79 Å². The zero-order chi connectivity index (χ0) is 13.2. The molecule has 1 atom stereocenters. The predicted octanol–water partition coefficient (Wildman–Crippen LogP) is 2.77. The van der Waals surface area contributed by atoms with E-state index >= 15 is 0 Å². The highest BCUT2D eigenvalue weighted by molar-refractivity contribution is 5.97. The fourth-order valence-electron chi connectivity index (χ4n) is 2.53. The molecule has 1 unspecified atom stereocenters. The average molecular weight is 283 g/mol. The predicted molar refractivity (Wildman–Crippen MR) is 82.0 cm³/mol. The van der Waals surface area contributed by atoms with Crippen LogP contribution in [0.15, 0.2) is 24.3 Å². The summed E-state index contributed by atoms with van der Waals surface area (Å²) in [5.74, 6) is 0.207. The van der Waals surface area contributed by atoms with E-state index in [0.29, 0.717) is 0 Å². The number of anilines is 1. The van der Waals surface area contributed by atoms with Crippen LogP contribution < -0.4 is 10.2 Å². The Morgan fingerprint density at radius 3 is 2.47 bits per heavy atom. The molecule has 3 nitrogen and oxygen atoms in total. The summed E-state index contributed by atoms with van der Waals surface area (Å²) in [4.78, 5) is 14.4. The fourth-order valence-corrected chi connectivity index (χ4v) is 2.53. The molecule has 1 aromatic rings. The zero-order valence-corrected chi connectivity index (χ0v) is 12.7. The molecule has 1 saturated heterocycles. The first-order valence-corrected chi connectivity index (χ1v) is 6.58. The maximum absolute atomic E-state index is 12.6. The van der Waals surface area contributed by atoms with Gasteiger partial charge in [-0.25, -0.2) is 0 Å². The van der Waals surface area contributed by atoms with Crippen molar-refractivity contribution in [3.63, 3.8) is 0 Å². The van der Waals surface area contributed by atoms with Crippen molar-refractivity contribution >= 4 is 24.0 Å². The standard InChI is InChI=1S/C15H22N2O.ClH/c1-12-5-7-13(8-6-12)17(3)14(18)15(2)9-4-10-16-11-15;/h5-8,16H,4,9-11H2,1-3H3;1H. The third-order valence-electron chi connectivity index (χ3n) is 3.84. The Bertz CT molecular complexity index is 424. The number of nitrogens with zero attached hydrogens (tertiary/aromatic N) is 1. The van der Waals surface area contributed by atoms with Crippen molar-refractivity contribution in [3.05, 3.63) is 29.8 Å². The summed E-state index contributed by atoms with van der Waals surface area (Å²) in [6, 6.07) is 8.10. The van der Waals surface area contributed by atoms with Crippen LogP contribution in [0, 0.1) is 12.3 Å². The topological polar surface area (TPSA) is 32.3 Å². The minimum absolute atomic E-state index is 0. The summed E-state index contributed by atoms with van der Waals surface area (Å²) in [6.45, 7) is 5.92. The summed E-state index contributed by atoms with van der Waals surface area (Å²) >= 11 is 0. The number of hydrogen-bond donors (Lipinski definition) is 1. The van der Waals surface area contributed by atoms with Crippen molar-refractivity contribution < 1.29 is 4.79 Å². The minimum atomic E-state index is -0.266. The lowest BCUT2D eigenvalue weighted by Crippen LogP contribution is -2.49. The molecule has 19 heavy (non-hydrogen) atoms. The van der Waals surface area contributed by atoms with Gasteiger partial charge in [-0.05, 0) is 45.4 Å². The Balaban J connectivity index is 0.00000180. The average Bonchev–Trinajstić information content (AvgIpc) is 2.39. The van der Waals surface area contributed by atoms with Crippen molar-refractivity contribution in [2.24, 2.45) is 5.41 Å². The molecule has 0 saturated carbocycles. The third kappa shape index (κ3) is 3.48. The number of benzene rings is 1. The van der Waals surface area contributed by atoms with Crippen molar-refractivity contribution in [2.75, 3.05) is 25.0 Å². The van der Waals surface area contributed by atoms with E-state index in [1.165, 1.54) is 5.56 Å². The zero-order valence-electron chi connectivity index (χ0n) is 11.9. The van der Waals surface area contributed by atoms with Crippen LogP contribution in [0.1, 0.15) is 25.3 Å². The van der Waals surface area contributed by atoms with E-state index in [1.807, 2.05) is 31.3 Å². The van der Waals surface area contributed by atoms with Crippen LogP contribution in [0.25, 0.3) is 0 Å². The number of carbonyl (C=O) groups excluding carboxylic acids is 1. The Labute approximate surface area is 121 Å². The first-order valence-electron chi connectivity index (χ1n) is 6.58. The number of aryl methyl sites for hydroxylation is 1. The Kier molecular flexibility index (Phi) is 5.39. The quantitative estimate of drug-likeness (QED) is 0.905. The van der Waals surface area contributed by atoms with Crippen LogP contribution in [0.2, 0.25) is 0 Å². The molecule has 1 N–H and O–H groups in total. The van der Waals surface area contributed by atoms with Gasteiger partial charge in [0.2, 0.25) is 5.91 Å². The van der Waals surface area contributed by atoms with Crippen LogP contribution in [-0.2, 0) is 4.79 Å². The smallest absolute Gasteiger partial charge is 0.233 e. The number of nitrogens with one attached hydrogen (secondary N) is 1. The second-order valence-corrected chi connectivity index (χ2v) is 5.54. The molecule has 0 radical (unpaired) electrons. The molecule has 0 bridgehead atoms. The van der Waals surface area contributed by atoms with Crippen LogP contribution in [0.3, 0.4) is 0 Å². The van der Waals surface area contributed by atoms with Gasteiger partial charge in [0.25, 0.3) is 0 Å². The van der Waals surface area contributed by atoms with Crippen molar-refractivity contribution in [1.82, 2.24) is 5.32 Å². The van der Waals surface area contributed by atoms with E-state index in [-0.39, 0.29) is 23.7 Å². The van der Waals surface area contributed by atoms with Crippen molar-refractivity contribution in [3.8, 4) is 0 Å². The Morgan fingerprint density at radius 1 is 1.32 bits per heavy atom. The Morgan fingerprint density at radius 2 is 1.95 bits per heavy atom. The molecule has 0 spiro atoms. The number of rotatable bonds is 2. The minimum Gasteiger partial charge on any atom is -0.316 e. The molecule has 2 rings (SSSR count). The SMILES string of the molecule is Cc1ccc(N(C)C(=O)C2(C)CCCNC2)cc1.Cl. The molecule has 1 heterocycles. The molecule has 1 aromatic carbocycles. The monoisotopic (exact) mass is 282 g/mol. The second-order valence-electron chi connectivity index (χ2n) is 5.54. The summed E-state index contributed by atoms with van der Waals surface area (Å²) in [6.07, 6.45) is 2.04. The van der Waals surface area contributed by atoms with Gasteiger partial charge in [0, 0.05) is 19.3 Å². The highest BCUT2D eigenvalue weighted by atomic mass is 35.5. The van der Waals surface area contributed by atoms with Crippen LogP contribution >= 0.6 is 12.4 Å². The third-order valence-corrected chi connectivity index (χ3v) is 3.84. The summed E-state index contributed by atoms with van der Waals surface area (Å²) in [5.41, 5.74) is 1.92. The van der Waals surface area contributed by atoms with Crippen molar-refractivity contribution in [1.29, 1.82) is 0 Å². The molecule has 0 aliphatic carbocycles.